The molecule has 3 N–H and O–H groups in total. The van der Waals surface area contributed by atoms with E-state index in [-0.39, 0.29) is 18.5 Å². The average molecular weight is 382 g/mol. The SMILES string of the molecule is Bc1cnc(Nc2cccc(NC(=O)N3CCCC3)c2)nc1NCC(=O)OC. The summed E-state index contributed by atoms with van der Waals surface area (Å²) in [6.45, 7) is 1.61. The summed E-state index contributed by atoms with van der Waals surface area (Å²) in [6, 6.07) is 7.26. The normalized spacial score (nSPS) is 13.1. The molecule has 1 aliphatic heterocycles. The molecule has 0 saturated carbocycles. The maximum Gasteiger partial charge on any atom is 0.325 e. The first-order valence-corrected chi connectivity index (χ1v) is 9.12. The predicted octanol–water partition coefficient (Wildman–Crippen LogP) is 0.691. The summed E-state index contributed by atoms with van der Waals surface area (Å²) in [5.41, 5.74) is 2.24. The third-order valence-electron chi connectivity index (χ3n) is 4.36. The zero-order valence-electron chi connectivity index (χ0n) is 16.0. The minimum atomic E-state index is -0.381. The highest BCUT2D eigenvalue weighted by atomic mass is 16.5. The molecule has 9 nitrogen and oxygen atoms in total. The Balaban J connectivity index is 1.66. The van der Waals surface area contributed by atoms with Crippen molar-refractivity contribution in [1.82, 2.24) is 14.9 Å². The largest absolute Gasteiger partial charge is 0.468 e. The van der Waals surface area contributed by atoms with Gasteiger partial charge in [0, 0.05) is 30.7 Å². The molecule has 0 atom stereocenters. The Kier molecular flexibility index (Phi) is 6.31. The van der Waals surface area contributed by atoms with Crippen molar-refractivity contribution in [3.8, 4) is 0 Å². The number of benzene rings is 1. The summed E-state index contributed by atoms with van der Waals surface area (Å²) in [7, 11) is 3.18. The lowest BCUT2D eigenvalue weighted by Gasteiger charge is -2.16. The molecule has 1 fully saturated rings. The number of amides is 2. The number of carbonyl (C=O) groups is 2. The second-order valence-corrected chi connectivity index (χ2v) is 6.49. The summed E-state index contributed by atoms with van der Waals surface area (Å²) in [5.74, 6) is 0.538. The molecule has 10 heteroatoms. The number of nitrogens with zero attached hydrogens (tertiary/aromatic N) is 3. The van der Waals surface area contributed by atoms with Crippen LogP contribution in [0.25, 0.3) is 0 Å². The smallest absolute Gasteiger partial charge is 0.325 e. The number of aromatic nitrogens is 2. The Hall–Kier alpha value is -3.30. The van der Waals surface area contributed by atoms with Crippen molar-refractivity contribution >= 4 is 48.5 Å². The van der Waals surface area contributed by atoms with Crippen LogP contribution in [-0.4, -0.2) is 61.5 Å². The van der Waals surface area contributed by atoms with E-state index in [4.69, 9.17) is 0 Å². The second kappa shape index (κ2) is 9.07. The number of carbonyl (C=O) groups excluding carboxylic acids is 2. The third-order valence-corrected chi connectivity index (χ3v) is 4.36. The van der Waals surface area contributed by atoms with Gasteiger partial charge in [-0.3, -0.25) is 4.79 Å². The zero-order valence-corrected chi connectivity index (χ0v) is 16.0. The lowest BCUT2D eigenvalue weighted by Crippen LogP contribution is -2.32. The van der Waals surface area contributed by atoms with E-state index in [2.05, 4.69) is 30.7 Å². The van der Waals surface area contributed by atoms with Crippen LogP contribution in [0.2, 0.25) is 0 Å². The predicted molar refractivity (Wildman–Crippen MR) is 110 cm³/mol. The van der Waals surface area contributed by atoms with Crippen molar-refractivity contribution in [2.75, 3.05) is 42.7 Å². The topological polar surface area (TPSA) is 108 Å². The number of ether oxygens (including phenoxy) is 1. The molecule has 2 aromatic rings. The fourth-order valence-electron chi connectivity index (χ4n) is 2.84. The van der Waals surface area contributed by atoms with Gasteiger partial charge in [0.2, 0.25) is 5.95 Å². The number of hydrogen-bond acceptors (Lipinski definition) is 7. The number of esters is 1. The molecule has 0 spiro atoms. The highest BCUT2D eigenvalue weighted by Gasteiger charge is 2.17. The first kappa shape index (κ1) is 19.5. The molecule has 0 bridgehead atoms. The number of urea groups is 1. The highest BCUT2D eigenvalue weighted by molar-refractivity contribution is 6.35. The number of rotatable bonds is 6. The van der Waals surface area contributed by atoms with Gasteiger partial charge in [0.05, 0.1) is 7.11 Å². The summed E-state index contributed by atoms with van der Waals surface area (Å²) in [5, 5.41) is 8.96. The quantitative estimate of drug-likeness (QED) is 0.498. The van der Waals surface area contributed by atoms with Crippen molar-refractivity contribution in [3.05, 3.63) is 30.5 Å². The van der Waals surface area contributed by atoms with Crippen molar-refractivity contribution in [2.24, 2.45) is 0 Å². The Bertz CT molecular complexity index is 857. The Labute approximate surface area is 164 Å². The van der Waals surface area contributed by atoms with Gasteiger partial charge in [-0.25, -0.2) is 9.78 Å². The van der Waals surface area contributed by atoms with Gasteiger partial charge in [-0.15, -0.1) is 0 Å². The van der Waals surface area contributed by atoms with Crippen molar-refractivity contribution in [1.29, 1.82) is 0 Å². The molecular formula is C18H23BN6O3. The molecule has 1 aromatic heterocycles. The fraction of sp³-hybridized carbons (Fsp3) is 0.333. The van der Waals surface area contributed by atoms with Gasteiger partial charge in [0.25, 0.3) is 0 Å². The van der Waals surface area contributed by atoms with Crippen LogP contribution < -0.4 is 21.4 Å². The number of nitrogens with one attached hydrogen (secondary N) is 3. The summed E-state index contributed by atoms with van der Waals surface area (Å²) >= 11 is 0. The molecule has 28 heavy (non-hydrogen) atoms. The van der Waals surface area contributed by atoms with Crippen LogP contribution in [0.1, 0.15) is 12.8 Å². The number of likely N-dealkylation sites (tertiary alicyclic amines) is 1. The van der Waals surface area contributed by atoms with Crippen LogP contribution in [-0.2, 0) is 9.53 Å². The lowest BCUT2D eigenvalue weighted by atomic mass is 9.99. The van der Waals surface area contributed by atoms with Gasteiger partial charge in [0.15, 0.2) is 0 Å². The van der Waals surface area contributed by atoms with Gasteiger partial charge < -0.3 is 25.6 Å². The van der Waals surface area contributed by atoms with Crippen LogP contribution in [0.4, 0.5) is 27.9 Å². The highest BCUT2D eigenvalue weighted by Crippen LogP contribution is 2.19. The molecule has 0 aliphatic carbocycles. The van der Waals surface area contributed by atoms with E-state index < -0.39 is 0 Å². The number of methoxy groups -OCH3 is 1. The molecule has 1 aromatic carbocycles. The summed E-state index contributed by atoms with van der Waals surface area (Å²) < 4.78 is 4.62. The van der Waals surface area contributed by atoms with E-state index in [1.54, 1.807) is 6.20 Å². The Morgan fingerprint density at radius 3 is 2.75 bits per heavy atom. The average Bonchev–Trinajstić information content (AvgIpc) is 3.23. The van der Waals surface area contributed by atoms with Gasteiger partial charge in [-0.1, -0.05) is 6.07 Å². The van der Waals surface area contributed by atoms with Crippen LogP contribution in [0, 0.1) is 0 Å². The van der Waals surface area contributed by atoms with E-state index in [1.807, 2.05) is 37.0 Å². The van der Waals surface area contributed by atoms with Crippen LogP contribution in [0.15, 0.2) is 30.5 Å². The van der Waals surface area contributed by atoms with Gasteiger partial charge >= 0.3 is 12.0 Å². The van der Waals surface area contributed by atoms with Gasteiger partial charge in [0.1, 0.15) is 20.2 Å². The lowest BCUT2D eigenvalue weighted by molar-refractivity contribution is -0.138. The minimum Gasteiger partial charge on any atom is -0.468 e. The van der Waals surface area contributed by atoms with Crippen LogP contribution in [0.3, 0.4) is 0 Å². The van der Waals surface area contributed by atoms with Crippen molar-refractivity contribution < 1.29 is 14.3 Å². The molecule has 3 rings (SSSR count). The first-order valence-electron chi connectivity index (χ1n) is 9.12. The minimum absolute atomic E-state index is 0.0197. The zero-order chi connectivity index (χ0) is 19.9. The molecule has 0 unspecified atom stereocenters. The first-order chi connectivity index (χ1) is 13.5. The summed E-state index contributed by atoms with van der Waals surface area (Å²) in [6.07, 6.45) is 3.76. The maximum atomic E-state index is 12.2. The maximum absolute atomic E-state index is 12.2. The Morgan fingerprint density at radius 2 is 2.00 bits per heavy atom. The third kappa shape index (κ3) is 5.12. The molecule has 2 amide bonds. The molecule has 1 aliphatic rings. The van der Waals surface area contributed by atoms with E-state index in [0.717, 1.165) is 37.1 Å². The van der Waals surface area contributed by atoms with Crippen molar-refractivity contribution in [3.63, 3.8) is 0 Å². The molecule has 146 valence electrons. The van der Waals surface area contributed by atoms with E-state index in [0.29, 0.717) is 17.5 Å². The number of anilines is 4. The second-order valence-electron chi connectivity index (χ2n) is 6.49. The van der Waals surface area contributed by atoms with E-state index >= 15 is 0 Å². The molecule has 2 heterocycles. The van der Waals surface area contributed by atoms with Crippen LogP contribution >= 0.6 is 0 Å². The Morgan fingerprint density at radius 1 is 1.25 bits per heavy atom. The number of hydrogen-bond donors (Lipinski definition) is 3. The van der Waals surface area contributed by atoms with Crippen molar-refractivity contribution in [2.45, 2.75) is 12.8 Å². The van der Waals surface area contributed by atoms with Gasteiger partial charge in [-0.2, -0.15) is 4.98 Å². The van der Waals surface area contributed by atoms with Crippen LogP contribution in [0.5, 0.6) is 0 Å². The molecule has 0 radical (unpaired) electrons. The standard InChI is InChI=1S/C18H23BN6O3/c1-28-15(26)11-20-16-14(19)10-21-17(24-16)22-12-5-4-6-13(9-12)23-18(27)25-7-2-3-8-25/h4-6,9-10H,2-3,7-8,11,19H2,1H3,(H,23,27)(H2,20,21,22,24). The van der Waals surface area contributed by atoms with E-state index in [1.165, 1.54) is 7.11 Å². The monoisotopic (exact) mass is 382 g/mol. The van der Waals surface area contributed by atoms with E-state index in [9.17, 15) is 9.59 Å². The molecule has 1 saturated heterocycles. The van der Waals surface area contributed by atoms with Gasteiger partial charge in [-0.05, 0) is 36.5 Å². The fourth-order valence-corrected chi connectivity index (χ4v) is 2.84. The molecular weight excluding hydrogens is 359 g/mol. The summed E-state index contributed by atoms with van der Waals surface area (Å²) in [4.78, 5) is 34.0.